The lowest BCUT2D eigenvalue weighted by Crippen LogP contribution is -2.46. The van der Waals surface area contributed by atoms with E-state index >= 15 is 0 Å². The number of carbonyl (C=O) groups excluding carboxylic acids is 1. The Morgan fingerprint density at radius 2 is 2.17 bits per heavy atom. The smallest absolute Gasteiger partial charge is 0.235 e. The number of carbonyl (C=O) groups is 1. The van der Waals surface area contributed by atoms with Crippen molar-refractivity contribution < 1.29 is 4.79 Å². The molecule has 1 rings (SSSR count). The molecule has 0 aromatic carbocycles. The molecule has 1 amide bonds. The molecular weight excluding hydrogens is 154 g/mol. The molecule has 1 atom stereocenters. The summed E-state index contributed by atoms with van der Waals surface area (Å²) in [6, 6.07) is -0.124. The van der Waals surface area contributed by atoms with Crippen molar-refractivity contribution in [3.8, 4) is 0 Å². The lowest BCUT2D eigenvalue weighted by molar-refractivity contribution is -0.119. The number of primary amides is 1. The lowest BCUT2D eigenvalue weighted by Gasteiger charge is -2.14. The molecule has 1 aliphatic carbocycles. The van der Waals surface area contributed by atoms with Crippen molar-refractivity contribution in [1.82, 2.24) is 5.32 Å². The molecule has 4 nitrogen and oxygen atoms in total. The molecule has 0 spiro atoms. The van der Waals surface area contributed by atoms with Gasteiger partial charge in [0.2, 0.25) is 5.91 Å². The molecule has 0 aliphatic heterocycles. The Hall–Kier alpha value is -0.870. The monoisotopic (exact) mass is 169 g/mol. The molecule has 0 saturated carbocycles. The molecule has 5 N–H and O–H groups in total. The normalized spacial score (nSPS) is 19.8. The Balaban J connectivity index is 2.12. The van der Waals surface area contributed by atoms with E-state index in [1.807, 2.05) is 0 Å². The van der Waals surface area contributed by atoms with Gasteiger partial charge in [-0.3, -0.25) is 4.79 Å². The Labute approximate surface area is 72.0 Å². The number of nitrogens with two attached hydrogens (primary N) is 2. The Kier molecular flexibility index (Phi) is 3.25. The second-order valence-electron chi connectivity index (χ2n) is 3.06. The highest BCUT2D eigenvalue weighted by Gasteiger charge is 2.13. The van der Waals surface area contributed by atoms with Crippen LogP contribution in [0.15, 0.2) is 12.2 Å². The number of hydrogen-bond donors (Lipinski definition) is 3. The van der Waals surface area contributed by atoms with Crippen LogP contribution in [0.3, 0.4) is 0 Å². The van der Waals surface area contributed by atoms with Gasteiger partial charge in [-0.25, -0.2) is 0 Å². The van der Waals surface area contributed by atoms with Gasteiger partial charge in [0.15, 0.2) is 0 Å². The minimum Gasteiger partial charge on any atom is -0.368 e. The van der Waals surface area contributed by atoms with Gasteiger partial charge in [-0.1, -0.05) is 12.2 Å². The maximum absolute atomic E-state index is 10.5. The summed E-state index contributed by atoms with van der Waals surface area (Å²) in [5.74, 6) is -0.451. The first-order valence-corrected chi connectivity index (χ1v) is 4.13. The molecule has 0 heterocycles. The molecule has 1 aliphatic rings. The summed E-state index contributed by atoms with van der Waals surface area (Å²) in [4.78, 5) is 10.5. The molecule has 1 unspecified atom stereocenters. The van der Waals surface area contributed by atoms with Crippen LogP contribution in [0.4, 0.5) is 0 Å². The summed E-state index contributed by atoms with van der Waals surface area (Å²) in [5.41, 5.74) is 10.4. The SMILES string of the molecule is NC(=O)C(N)CNC1CC=CC1. The average molecular weight is 169 g/mol. The highest BCUT2D eigenvalue weighted by atomic mass is 16.1. The van der Waals surface area contributed by atoms with Gasteiger partial charge < -0.3 is 16.8 Å². The second-order valence-corrected chi connectivity index (χ2v) is 3.06. The summed E-state index contributed by atoms with van der Waals surface area (Å²) in [6.45, 7) is 0.474. The molecule has 0 aromatic heterocycles. The highest BCUT2D eigenvalue weighted by molar-refractivity contribution is 5.79. The topological polar surface area (TPSA) is 81.1 Å². The lowest BCUT2D eigenvalue weighted by atomic mass is 10.2. The van der Waals surface area contributed by atoms with Gasteiger partial charge in [0.25, 0.3) is 0 Å². The van der Waals surface area contributed by atoms with E-state index in [2.05, 4.69) is 17.5 Å². The minimum atomic E-state index is -0.564. The zero-order valence-electron chi connectivity index (χ0n) is 6.99. The number of nitrogens with one attached hydrogen (secondary N) is 1. The van der Waals surface area contributed by atoms with Crippen LogP contribution in [0.25, 0.3) is 0 Å². The molecular formula is C8H15N3O. The third-order valence-electron chi connectivity index (χ3n) is 2.00. The average Bonchev–Trinajstić information content (AvgIpc) is 2.51. The van der Waals surface area contributed by atoms with Crippen LogP contribution in [-0.4, -0.2) is 24.5 Å². The largest absolute Gasteiger partial charge is 0.368 e. The van der Waals surface area contributed by atoms with Gasteiger partial charge in [0.1, 0.15) is 0 Å². The molecule has 0 radical (unpaired) electrons. The van der Waals surface area contributed by atoms with Crippen molar-refractivity contribution >= 4 is 5.91 Å². The number of amides is 1. The fourth-order valence-corrected chi connectivity index (χ4v) is 1.18. The summed E-state index contributed by atoms with van der Waals surface area (Å²) < 4.78 is 0. The summed E-state index contributed by atoms with van der Waals surface area (Å²) in [6.07, 6.45) is 6.28. The van der Waals surface area contributed by atoms with Crippen LogP contribution in [0.5, 0.6) is 0 Å². The van der Waals surface area contributed by atoms with E-state index in [1.54, 1.807) is 0 Å². The molecule has 0 aromatic rings. The van der Waals surface area contributed by atoms with Crippen LogP contribution in [0.2, 0.25) is 0 Å². The molecule has 68 valence electrons. The van der Waals surface area contributed by atoms with E-state index in [-0.39, 0.29) is 0 Å². The van der Waals surface area contributed by atoms with Gasteiger partial charge in [0.05, 0.1) is 6.04 Å². The molecule has 0 saturated heterocycles. The van der Waals surface area contributed by atoms with Crippen molar-refractivity contribution in [2.75, 3.05) is 6.54 Å². The quantitative estimate of drug-likeness (QED) is 0.477. The van der Waals surface area contributed by atoms with Gasteiger partial charge >= 0.3 is 0 Å². The fourth-order valence-electron chi connectivity index (χ4n) is 1.18. The maximum atomic E-state index is 10.5. The fraction of sp³-hybridized carbons (Fsp3) is 0.625. The Morgan fingerprint density at radius 1 is 1.58 bits per heavy atom. The molecule has 12 heavy (non-hydrogen) atoms. The van der Waals surface area contributed by atoms with Crippen molar-refractivity contribution in [1.29, 1.82) is 0 Å². The van der Waals surface area contributed by atoms with E-state index in [1.165, 1.54) is 0 Å². The van der Waals surface area contributed by atoms with Gasteiger partial charge in [-0.2, -0.15) is 0 Å². The highest BCUT2D eigenvalue weighted by Crippen LogP contribution is 2.08. The van der Waals surface area contributed by atoms with Gasteiger partial charge in [0, 0.05) is 12.6 Å². The third kappa shape index (κ3) is 2.64. The minimum absolute atomic E-state index is 0.440. The molecule has 0 bridgehead atoms. The summed E-state index contributed by atoms with van der Waals surface area (Å²) in [7, 11) is 0. The van der Waals surface area contributed by atoms with E-state index < -0.39 is 11.9 Å². The Morgan fingerprint density at radius 3 is 2.67 bits per heavy atom. The standard InChI is InChI=1S/C8H15N3O/c9-7(8(10)12)5-11-6-3-1-2-4-6/h1-2,6-7,11H,3-5,9H2,(H2,10,12). The number of hydrogen-bond acceptors (Lipinski definition) is 3. The van der Waals surface area contributed by atoms with Crippen LogP contribution < -0.4 is 16.8 Å². The van der Waals surface area contributed by atoms with Crippen molar-refractivity contribution in [3.63, 3.8) is 0 Å². The predicted octanol–water partition coefficient (Wildman–Crippen LogP) is -0.893. The maximum Gasteiger partial charge on any atom is 0.235 e. The van der Waals surface area contributed by atoms with Crippen LogP contribution in [0, 0.1) is 0 Å². The zero-order chi connectivity index (χ0) is 8.97. The van der Waals surface area contributed by atoms with Crippen molar-refractivity contribution in [2.24, 2.45) is 11.5 Å². The number of rotatable bonds is 4. The first kappa shape index (κ1) is 9.22. The third-order valence-corrected chi connectivity index (χ3v) is 2.00. The van der Waals surface area contributed by atoms with Crippen LogP contribution >= 0.6 is 0 Å². The van der Waals surface area contributed by atoms with E-state index in [0.29, 0.717) is 12.6 Å². The van der Waals surface area contributed by atoms with Crippen molar-refractivity contribution in [3.05, 3.63) is 12.2 Å². The first-order valence-electron chi connectivity index (χ1n) is 4.13. The first-order chi connectivity index (χ1) is 5.70. The van der Waals surface area contributed by atoms with Gasteiger partial charge in [-0.05, 0) is 12.8 Å². The molecule has 4 heteroatoms. The zero-order valence-corrected chi connectivity index (χ0v) is 6.99. The second kappa shape index (κ2) is 4.23. The van der Waals surface area contributed by atoms with Crippen molar-refractivity contribution in [2.45, 2.75) is 24.9 Å². The molecule has 0 fully saturated rings. The van der Waals surface area contributed by atoms with E-state index in [9.17, 15) is 4.79 Å². The van der Waals surface area contributed by atoms with Gasteiger partial charge in [-0.15, -0.1) is 0 Å². The predicted molar refractivity (Wildman–Crippen MR) is 47.3 cm³/mol. The van der Waals surface area contributed by atoms with E-state index in [0.717, 1.165) is 12.8 Å². The van der Waals surface area contributed by atoms with E-state index in [4.69, 9.17) is 11.5 Å². The van der Waals surface area contributed by atoms with Crippen LogP contribution in [0.1, 0.15) is 12.8 Å². The summed E-state index contributed by atoms with van der Waals surface area (Å²) >= 11 is 0. The van der Waals surface area contributed by atoms with Crippen LogP contribution in [-0.2, 0) is 4.79 Å². The Bertz CT molecular complexity index is 183. The summed E-state index contributed by atoms with van der Waals surface area (Å²) in [5, 5.41) is 3.17.